The standard InChI is InChI=1S/C22H32N6O.HI/c1-27(2)21(29)17-25-22(23-14-12-18-8-4-3-5-9-18)24-16-19-13-15-28(26-19)20-10-6-7-11-20;/h3-5,8-9,13,15,20H,6-7,10-12,14,16-17H2,1-2H3,(H2,23,24,25);1H. The van der Waals surface area contributed by atoms with Crippen molar-refractivity contribution < 1.29 is 4.79 Å². The van der Waals surface area contributed by atoms with E-state index in [1.807, 2.05) is 24.3 Å². The zero-order valence-electron chi connectivity index (χ0n) is 17.9. The first kappa shape index (κ1) is 24.2. The fraction of sp³-hybridized carbons (Fsp3) is 0.500. The number of benzene rings is 1. The molecule has 30 heavy (non-hydrogen) atoms. The number of halogens is 1. The molecule has 0 aliphatic heterocycles. The topological polar surface area (TPSA) is 74.5 Å². The molecule has 164 valence electrons. The molecule has 3 rings (SSSR count). The Kier molecular flexibility index (Phi) is 10.1. The van der Waals surface area contributed by atoms with Crippen molar-refractivity contribution in [2.24, 2.45) is 4.99 Å². The van der Waals surface area contributed by atoms with E-state index < -0.39 is 0 Å². The molecule has 1 fully saturated rings. The highest BCUT2D eigenvalue weighted by atomic mass is 127. The van der Waals surface area contributed by atoms with E-state index in [2.05, 4.69) is 38.6 Å². The molecule has 8 heteroatoms. The average molecular weight is 524 g/mol. The monoisotopic (exact) mass is 524 g/mol. The first-order valence-corrected chi connectivity index (χ1v) is 10.4. The summed E-state index contributed by atoms with van der Waals surface area (Å²) in [7, 11) is 3.50. The van der Waals surface area contributed by atoms with Gasteiger partial charge in [-0.1, -0.05) is 43.2 Å². The van der Waals surface area contributed by atoms with Crippen LogP contribution in [0.5, 0.6) is 0 Å². The van der Waals surface area contributed by atoms with Crippen LogP contribution in [0.1, 0.15) is 43.0 Å². The predicted octanol–water partition coefficient (Wildman–Crippen LogP) is 2.98. The summed E-state index contributed by atoms with van der Waals surface area (Å²) in [5.74, 6) is 0.639. The number of guanidine groups is 1. The van der Waals surface area contributed by atoms with E-state index in [4.69, 9.17) is 5.10 Å². The Labute approximate surface area is 196 Å². The van der Waals surface area contributed by atoms with Crippen molar-refractivity contribution in [2.75, 3.05) is 27.2 Å². The van der Waals surface area contributed by atoms with E-state index in [1.165, 1.54) is 31.2 Å². The SMILES string of the molecule is CN(C)C(=O)CNC(=NCc1ccn(C2CCCC2)n1)NCCc1ccccc1.I. The summed E-state index contributed by atoms with van der Waals surface area (Å²) in [4.78, 5) is 18.1. The van der Waals surface area contributed by atoms with Crippen LogP contribution in [0.2, 0.25) is 0 Å². The highest BCUT2D eigenvalue weighted by Crippen LogP contribution is 2.28. The van der Waals surface area contributed by atoms with Crippen LogP contribution in [-0.4, -0.2) is 53.7 Å². The Morgan fingerprint density at radius 1 is 1.17 bits per heavy atom. The Morgan fingerprint density at radius 3 is 2.60 bits per heavy atom. The number of carbonyl (C=O) groups is 1. The number of aromatic nitrogens is 2. The summed E-state index contributed by atoms with van der Waals surface area (Å²) in [5, 5.41) is 11.2. The molecule has 1 aromatic heterocycles. The molecule has 0 atom stereocenters. The van der Waals surface area contributed by atoms with Gasteiger partial charge in [-0.2, -0.15) is 5.10 Å². The predicted molar refractivity (Wildman–Crippen MR) is 131 cm³/mol. The van der Waals surface area contributed by atoms with Gasteiger partial charge in [0.2, 0.25) is 5.91 Å². The third-order valence-electron chi connectivity index (χ3n) is 5.22. The van der Waals surface area contributed by atoms with E-state index in [-0.39, 0.29) is 36.4 Å². The Balaban J connectivity index is 0.00000320. The van der Waals surface area contributed by atoms with E-state index in [9.17, 15) is 4.79 Å². The fourth-order valence-corrected chi connectivity index (χ4v) is 3.46. The summed E-state index contributed by atoms with van der Waals surface area (Å²) in [5.41, 5.74) is 2.21. The molecule has 1 aliphatic rings. The van der Waals surface area contributed by atoms with Gasteiger partial charge in [-0.25, -0.2) is 4.99 Å². The Hall–Kier alpha value is -2.10. The summed E-state index contributed by atoms with van der Waals surface area (Å²) < 4.78 is 2.09. The second kappa shape index (κ2) is 12.6. The van der Waals surface area contributed by atoms with Crippen molar-refractivity contribution in [1.29, 1.82) is 0 Å². The van der Waals surface area contributed by atoms with Gasteiger partial charge in [0.15, 0.2) is 5.96 Å². The largest absolute Gasteiger partial charge is 0.356 e. The zero-order valence-corrected chi connectivity index (χ0v) is 20.2. The van der Waals surface area contributed by atoms with Crippen LogP contribution < -0.4 is 10.6 Å². The molecule has 0 radical (unpaired) electrons. The molecule has 0 spiro atoms. The lowest BCUT2D eigenvalue weighted by Crippen LogP contribution is -2.43. The molecule has 0 unspecified atom stereocenters. The van der Waals surface area contributed by atoms with Gasteiger partial charge in [0.25, 0.3) is 0 Å². The van der Waals surface area contributed by atoms with E-state index in [1.54, 1.807) is 19.0 Å². The van der Waals surface area contributed by atoms with Gasteiger partial charge >= 0.3 is 0 Å². The third-order valence-corrected chi connectivity index (χ3v) is 5.22. The normalized spacial score (nSPS) is 14.3. The van der Waals surface area contributed by atoms with Gasteiger partial charge in [0, 0.05) is 26.8 Å². The molecular weight excluding hydrogens is 491 g/mol. The van der Waals surface area contributed by atoms with E-state index in [0.29, 0.717) is 18.5 Å². The van der Waals surface area contributed by atoms with Gasteiger partial charge < -0.3 is 15.5 Å². The molecule has 1 aromatic carbocycles. The molecule has 1 aliphatic carbocycles. The van der Waals surface area contributed by atoms with Crippen LogP contribution in [0.4, 0.5) is 0 Å². The highest BCUT2D eigenvalue weighted by molar-refractivity contribution is 14.0. The van der Waals surface area contributed by atoms with E-state index in [0.717, 1.165) is 18.7 Å². The number of nitrogens with zero attached hydrogens (tertiary/aromatic N) is 4. The Morgan fingerprint density at radius 2 is 1.90 bits per heavy atom. The zero-order chi connectivity index (χ0) is 20.5. The molecule has 0 saturated heterocycles. The molecule has 7 nitrogen and oxygen atoms in total. The van der Waals surface area contributed by atoms with Crippen LogP contribution in [0.15, 0.2) is 47.6 Å². The lowest BCUT2D eigenvalue weighted by molar-refractivity contribution is -0.127. The van der Waals surface area contributed by atoms with E-state index >= 15 is 0 Å². The van der Waals surface area contributed by atoms with Crippen LogP contribution >= 0.6 is 24.0 Å². The number of aliphatic imine (C=N–C) groups is 1. The number of hydrogen-bond acceptors (Lipinski definition) is 3. The van der Waals surface area contributed by atoms with Gasteiger partial charge in [0.1, 0.15) is 0 Å². The van der Waals surface area contributed by atoms with Gasteiger partial charge in [-0.3, -0.25) is 9.48 Å². The molecule has 1 saturated carbocycles. The number of amides is 1. The molecule has 1 amide bonds. The maximum Gasteiger partial charge on any atom is 0.241 e. The van der Waals surface area contributed by atoms with Gasteiger partial charge in [-0.05, 0) is 30.9 Å². The molecule has 2 N–H and O–H groups in total. The second-order valence-electron chi connectivity index (χ2n) is 7.69. The first-order chi connectivity index (χ1) is 14.1. The fourth-order valence-electron chi connectivity index (χ4n) is 3.46. The number of likely N-dealkylation sites (N-methyl/N-ethyl adjacent to an activating group) is 1. The average Bonchev–Trinajstić information content (AvgIpc) is 3.41. The van der Waals surface area contributed by atoms with Crippen LogP contribution in [-0.2, 0) is 17.8 Å². The van der Waals surface area contributed by atoms with Gasteiger partial charge in [-0.15, -0.1) is 24.0 Å². The number of rotatable bonds is 8. The van der Waals surface area contributed by atoms with Crippen molar-refractivity contribution in [2.45, 2.75) is 44.7 Å². The number of carbonyl (C=O) groups excluding carboxylic acids is 1. The minimum absolute atomic E-state index is 0. The lowest BCUT2D eigenvalue weighted by atomic mass is 10.1. The number of nitrogens with one attached hydrogen (secondary N) is 2. The summed E-state index contributed by atoms with van der Waals surface area (Å²) in [6.07, 6.45) is 7.95. The first-order valence-electron chi connectivity index (χ1n) is 10.4. The van der Waals surface area contributed by atoms with Crippen LogP contribution in [0.3, 0.4) is 0 Å². The van der Waals surface area contributed by atoms with Gasteiger partial charge in [0.05, 0.1) is 24.8 Å². The minimum Gasteiger partial charge on any atom is -0.356 e. The smallest absolute Gasteiger partial charge is 0.241 e. The molecule has 1 heterocycles. The Bertz CT molecular complexity index is 799. The van der Waals surface area contributed by atoms with Crippen molar-refractivity contribution in [3.8, 4) is 0 Å². The summed E-state index contributed by atoms with van der Waals surface area (Å²) >= 11 is 0. The van der Waals surface area contributed by atoms with Crippen LogP contribution in [0, 0.1) is 0 Å². The highest BCUT2D eigenvalue weighted by Gasteiger charge is 2.17. The van der Waals surface area contributed by atoms with Crippen molar-refractivity contribution in [1.82, 2.24) is 25.3 Å². The molecule has 2 aromatic rings. The van der Waals surface area contributed by atoms with Crippen LogP contribution in [0.25, 0.3) is 0 Å². The third kappa shape index (κ3) is 7.62. The molecular formula is C22H33IN6O. The second-order valence-corrected chi connectivity index (χ2v) is 7.69. The molecule has 0 bridgehead atoms. The van der Waals surface area contributed by atoms with Crippen molar-refractivity contribution in [3.05, 3.63) is 53.9 Å². The lowest BCUT2D eigenvalue weighted by Gasteiger charge is -2.15. The summed E-state index contributed by atoms with van der Waals surface area (Å²) in [6.45, 7) is 1.43. The quantitative estimate of drug-likeness (QED) is 0.317. The summed E-state index contributed by atoms with van der Waals surface area (Å²) in [6, 6.07) is 12.9. The van der Waals surface area contributed by atoms with Crippen molar-refractivity contribution in [3.63, 3.8) is 0 Å². The maximum atomic E-state index is 11.9. The number of hydrogen-bond donors (Lipinski definition) is 2. The maximum absolute atomic E-state index is 11.9. The van der Waals surface area contributed by atoms with Crippen molar-refractivity contribution >= 4 is 35.8 Å². The minimum atomic E-state index is 0.